The molecule has 0 radical (unpaired) electrons. The van der Waals surface area contributed by atoms with Crippen molar-refractivity contribution < 1.29 is 18.4 Å². The molecule has 0 aliphatic heterocycles. The van der Waals surface area contributed by atoms with Crippen molar-refractivity contribution in [3.8, 4) is 0 Å². The van der Waals surface area contributed by atoms with Gasteiger partial charge in [-0.1, -0.05) is 0 Å². The van der Waals surface area contributed by atoms with E-state index in [0.717, 1.165) is 22.0 Å². The third-order valence-electron chi connectivity index (χ3n) is 4.04. The number of carbonyl (C=O) groups is 1. The summed E-state index contributed by atoms with van der Waals surface area (Å²) in [4.78, 5) is 17.6. The van der Waals surface area contributed by atoms with Gasteiger partial charge in [-0.15, -0.1) is 0 Å². The third-order valence-corrected chi connectivity index (χ3v) is 5.28. The van der Waals surface area contributed by atoms with E-state index < -0.39 is 17.5 Å². The van der Waals surface area contributed by atoms with Crippen LogP contribution in [0.2, 0.25) is 0 Å². The van der Waals surface area contributed by atoms with E-state index in [2.05, 4.69) is 49.3 Å². The van der Waals surface area contributed by atoms with Crippen molar-refractivity contribution in [3.63, 3.8) is 0 Å². The molecule has 8 heteroatoms. The maximum Gasteiger partial charge on any atom is 0.277 e. The molecule has 26 heavy (non-hydrogen) atoms. The van der Waals surface area contributed by atoms with Gasteiger partial charge in [-0.2, -0.15) is 0 Å². The van der Waals surface area contributed by atoms with Crippen LogP contribution < -0.4 is 10.8 Å². The van der Waals surface area contributed by atoms with Crippen LogP contribution >= 0.6 is 38.5 Å². The number of benzene rings is 2. The first-order chi connectivity index (χ1) is 12.4. The van der Waals surface area contributed by atoms with Gasteiger partial charge in [0.05, 0.1) is 22.3 Å². The van der Waals surface area contributed by atoms with Crippen molar-refractivity contribution in [1.29, 1.82) is 0 Å². The molecule has 1 saturated carbocycles. The van der Waals surface area contributed by atoms with Gasteiger partial charge >= 0.3 is 0 Å². The van der Waals surface area contributed by atoms with Gasteiger partial charge < -0.3 is 5.32 Å². The summed E-state index contributed by atoms with van der Waals surface area (Å²) in [5.74, 6) is -2.38. The van der Waals surface area contributed by atoms with E-state index in [1.54, 1.807) is 6.07 Å². The Hall–Kier alpha value is -1.26. The maximum absolute atomic E-state index is 14.6. The van der Waals surface area contributed by atoms with Crippen molar-refractivity contribution >= 4 is 55.8 Å². The van der Waals surface area contributed by atoms with Gasteiger partial charge in [0.15, 0.2) is 11.6 Å². The molecule has 0 unspecified atom stereocenters. The molecule has 4 nitrogen and oxygen atoms in total. The van der Waals surface area contributed by atoms with Gasteiger partial charge in [-0.05, 0) is 94.0 Å². The molecule has 138 valence electrons. The normalized spacial score (nSPS) is 13.6. The molecule has 1 fully saturated rings. The Balaban J connectivity index is 1.90. The smallest absolute Gasteiger partial charge is 0.277 e. The van der Waals surface area contributed by atoms with E-state index in [1.165, 1.54) is 6.07 Å². The monoisotopic (exact) mass is 536 g/mol. The summed E-state index contributed by atoms with van der Waals surface area (Å²) in [6.45, 7) is 2.26. The Morgan fingerprint density at radius 1 is 1.31 bits per heavy atom. The minimum atomic E-state index is -1.13. The highest BCUT2D eigenvalue weighted by molar-refractivity contribution is 14.1. The summed E-state index contributed by atoms with van der Waals surface area (Å²) in [5.41, 5.74) is 3.44. The van der Waals surface area contributed by atoms with Gasteiger partial charge in [-0.25, -0.2) is 14.3 Å². The standard InChI is InChI=1S/C18H16BrF2IN2O2/c1-9-6-11(22)4-5-14(9)23-17-12(7-13(19)15(20)16(17)21)18(25)24-26-8-10-2-3-10/h4-7,10,23H,2-3,8H2,1H3,(H,24,25). The van der Waals surface area contributed by atoms with Gasteiger partial charge in [-0.3, -0.25) is 9.63 Å². The lowest BCUT2D eigenvalue weighted by Crippen LogP contribution is -2.26. The molecule has 0 bridgehead atoms. The first-order valence-electron chi connectivity index (χ1n) is 7.99. The maximum atomic E-state index is 14.6. The van der Waals surface area contributed by atoms with E-state index in [9.17, 15) is 13.6 Å². The minimum Gasteiger partial charge on any atom is -0.352 e. The molecule has 2 N–H and O–H groups in total. The van der Waals surface area contributed by atoms with Crippen molar-refractivity contribution in [2.24, 2.45) is 5.92 Å². The Kier molecular flexibility index (Phi) is 6.13. The Labute approximate surface area is 171 Å². The zero-order valence-electron chi connectivity index (χ0n) is 13.8. The fourth-order valence-electron chi connectivity index (χ4n) is 2.36. The van der Waals surface area contributed by atoms with Crippen LogP contribution in [0, 0.1) is 28.0 Å². The van der Waals surface area contributed by atoms with Crippen LogP contribution in [0.15, 0.2) is 28.7 Å². The summed E-state index contributed by atoms with van der Waals surface area (Å²) in [6, 6.07) is 6.72. The van der Waals surface area contributed by atoms with E-state index in [-0.39, 0.29) is 15.7 Å². The zero-order chi connectivity index (χ0) is 18.8. The van der Waals surface area contributed by atoms with Gasteiger partial charge in [0.25, 0.3) is 5.91 Å². The highest BCUT2D eigenvalue weighted by Crippen LogP contribution is 2.33. The summed E-state index contributed by atoms with van der Waals surface area (Å²) in [7, 11) is 0. The van der Waals surface area contributed by atoms with Crippen molar-refractivity contribution in [2.75, 3.05) is 11.9 Å². The second-order valence-corrected chi connectivity index (χ2v) is 8.28. The van der Waals surface area contributed by atoms with Crippen LogP contribution in [0.4, 0.5) is 20.2 Å². The van der Waals surface area contributed by atoms with E-state index in [0.29, 0.717) is 18.2 Å². The van der Waals surface area contributed by atoms with Gasteiger partial charge in [0, 0.05) is 9.26 Å². The Morgan fingerprint density at radius 3 is 2.69 bits per heavy atom. The summed E-state index contributed by atoms with van der Waals surface area (Å²) >= 11 is 5.11. The average Bonchev–Trinajstić information content (AvgIpc) is 3.41. The fraction of sp³-hybridized carbons (Fsp3) is 0.278. The highest BCUT2D eigenvalue weighted by Gasteiger charge is 2.24. The number of hydrogen-bond donors (Lipinski definition) is 2. The minimum absolute atomic E-state index is 0.0514. The predicted octanol–water partition coefficient (Wildman–Crippen LogP) is 5.46. The number of nitrogens with one attached hydrogen (secondary N) is 2. The molecule has 1 amide bonds. The topological polar surface area (TPSA) is 50.4 Å². The lowest BCUT2D eigenvalue weighted by molar-refractivity contribution is 0.0270. The average molecular weight is 537 g/mol. The molecule has 0 heterocycles. The molecule has 1 aliphatic rings. The molecule has 0 atom stereocenters. The molecule has 2 aromatic carbocycles. The van der Waals surface area contributed by atoms with Gasteiger partial charge in [0.1, 0.15) is 0 Å². The fourth-order valence-corrected chi connectivity index (χ4v) is 3.41. The summed E-state index contributed by atoms with van der Waals surface area (Å²) in [5, 5.41) is 2.84. The molecular weight excluding hydrogens is 521 g/mol. The molecule has 2 aromatic rings. The largest absolute Gasteiger partial charge is 0.352 e. The molecule has 3 rings (SSSR count). The van der Waals surface area contributed by atoms with E-state index >= 15 is 0 Å². The van der Waals surface area contributed by atoms with Crippen molar-refractivity contribution in [3.05, 3.63) is 55.1 Å². The molecule has 0 spiro atoms. The van der Waals surface area contributed by atoms with Crippen molar-refractivity contribution in [1.82, 2.24) is 5.48 Å². The lowest BCUT2D eigenvalue weighted by Gasteiger charge is -2.16. The number of aryl methyl sites for hydroxylation is 1. The Bertz CT molecular complexity index is 860. The van der Waals surface area contributed by atoms with Crippen molar-refractivity contribution in [2.45, 2.75) is 19.8 Å². The molecular formula is C18H16BrF2IN2O2. The SMILES string of the molecule is Cc1cc(I)ccc1Nc1c(C(=O)NOCC2CC2)cc(Br)c(F)c1F. The number of rotatable bonds is 6. The first kappa shape index (κ1) is 19.5. The number of hydrogen-bond acceptors (Lipinski definition) is 3. The number of amides is 1. The van der Waals surface area contributed by atoms with Crippen LogP contribution in [0.1, 0.15) is 28.8 Å². The number of halogens is 4. The van der Waals surface area contributed by atoms with Crippen LogP contribution in [0.5, 0.6) is 0 Å². The zero-order valence-corrected chi connectivity index (χ0v) is 17.6. The quantitative estimate of drug-likeness (QED) is 0.293. The first-order valence-corrected chi connectivity index (χ1v) is 9.86. The number of anilines is 2. The third kappa shape index (κ3) is 4.52. The summed E-state index contributed by atoms with van der Waals surface area (Å²) in [6.07, 6.45) is 2.15. The number of carbonyl (C=O) groups excluding carboxylic acids is 1. The number of hydroxylamine groups is 1. The molecule has 0 saturated heterocycles. The predicted molar refractivity (Wildman–Crippen MR) is 107 cm³/mol. The highest BCUT2D eigenvalue weighted by atomic mass is 127. The molecule has 1 aliphatic carbocycles. The summed E-state index contributed by atoms with van der Waals surface area (Å²) < 4.78 is 29.5. The van der Waals surface area contributed by atoms with Gasteiger partial charge in [0.2, 0.25) is 0 Å². The van der Waals surface area contributed by atoms with Crippen LogP contribution in [0.25, 0.3) is 0 Å². The second kappa shape index (κ2) is 8.18. The van der Waals surface area contributed by atoms with E-state index in [1.807, 2.05) is 19.1 Å². The van der Waals surface area contributed by atoms with Crippen LogP contribution in [0.3, 0.4) is 0 Å². The van der Waals surface area contributed by atoms with Crippen LogP contribution in [-0.4, -0.2) is 12.5 Å². The Morgan fingerprint density at radius 2 is 2.04 bits per heavy atom. The lowest BCUT2D eigenvalue weighted by atomic mass is 10.1. The van der Waals surface area contributed by atoms with Crippen LogP contribution in [-0.2, 0) is 4.84 Å². The second-order valence-electron chi connectivity index (χ2n) is 6.18. The molecule has 0 aromatic heterocycles. The van der Waals surface area contributed by atoms with E-state index in [4.69, 9.17) is 4.84 Å².